The first-order valence-electron chi connectivity index (χ1n) is 7.43. The zero-order chi connectivity index (χ0) is 16.1. The van der Waals surface area contributed by atoms with Crippen LogP contribution in [0.3, 0.4) is 0 Å². The Balaban J connectivity index is 2.05. The molecule has 0 saturated heterocycles. The van der Waals surface area contributed by atoms with Crippen molar-refractivity contribution < 1.29 is 21.0 Å². The standard InChI is InChI=1S/C18H23N2O.Cr/c1-15(18(21)17-11-7-8-12-17)13-20(19(2)3)14-16-9-5-4-6-10-16;/h4-12,15,18,21H,14H2,1-3H3;/t15-,18+;/m0./s1. The van der Waals surface area contributed by atoms with Gasteiger partial charge in [0.1, 0.15) is 0 Å². The number of aliphatic hydroxyl groups excluding tert-OH is 1. The number of aliphatic hydroxyl groups is 1. The average Bonchev–Trinajstić information content (AvgIpc) is 3.05. The monoisotopic (exact) mass is 335 g/mol. The molecule has 1 aromatic carbocycles. The molecule has 0 aromatic heterocycles. The van der Waals surface area contributed by atoms with Crippen molar-refractivity contribution in [3.63, 3.8) is 0 Å². The maximum absolute atomic E-state index is 10.6. The summed E-state index contributed by atoms with van der Waals surface area (Å²) in [6.07, 6.45) is 7.33. The van der Waals surface area contributed by atoms with Crippen LogP contribution in [0, 0.1) is 37.5 Å². The Morgan fingerprint density at radius 1 is 1.14 bits per heavy atom. The maximum atomic E-state index is 10.6. The number of nitrogens with zero attached hydrogens (tertiary/aromatic N) is 2. The van der Waals surface area contributed by atoms with Gasteiger partial charge in [0.25, 0.3) is 0 Å². The van der Waals surface area contributed by atoms with Crippen LogP contribution < -0.4 is 0 Å². The Morgan fingerprint density at radius 3 is 2.27 bits per heavy atom. The summed E-state index contributed by atoms with van der Waals surface area (Å²) in [7, 11) is 4.03. The summed E-state index contributed by atoms with van der Waals surface area (Å²) in [5, 5.41) is 14.8. The Hall–Kier alpha value is -0.498. The van der Waals surface area contributed by atoms with Crippen molar-refractivity contribution in [1.82, 2.24) is 10.0 Å². The minimum atomic E-state index is -0.510. The van der Waals surface area contributed by atoms with Crippen molar-refractivity contribution in [2.75, 3.05) is 14.1 Å². The third kappa shape index (κ3) is 4.50. The van der Waals surface area contributed by atoms with Gasteiger partial charge in [0, 0.05) is 0 Å². The predicted molar refractivity (Wildman–Crippen MR) is 86.3 cm³/mol. The molecule has 2 rings (SSSR count). The molecule has 0 spiro atoms. The molecule has 1 N–H and O–H groups in total. The topological polar surface area (TPSA) is 26.7 Å². The fourth-order valence-corrected chi connectivity index (χ4v) is 2.97. The summed E-state index contributed by atoms with van der Waals surface area (Å²) < 4.78 is 1.03. The fourth-order valence-electron chi connectivity index (χ4n) is 2.42. The van der Waals surface area contributed by atoms with Crippen LogP contribution in [0.15, 0.2) is 30.3 Å². The van der Waals surface area contributed by atoms with Crippen LogP contribution in [0.2, 0.25) is 0 Å². The van der Waals surface area contributed by atoms with E-state index in [0.717, 1.165) is 17.0 Å². The summed E-state index contributed by atoms with van der Waals surface area (Å²) in [5.41, 5.74) is 1.24. The molecule has 1 aliphatic rings. The molecule has 1 aromatic rings. The minimum absolute atomic E-state index is 0.00601. The van der Waals surface area contributed by atoms with E-state index < -0.39 is 6.10 Å². The molecule has 0 unspecified atom stereocenters. The molecule has 0 heterocycles. The van der Waals surface area contributed by atoms with E-state index >= 15 is 0 Å². The van der Waals surface area contributed by atoms with Crippen LogP contribution in [-0.2, 0) is 22.4 Å². The van der Waals surface area contributed by atoms with Gasteiger partial charge in [0.15, 0.2) is 0 Å². The van der Waals surface area contributed by atoms with Crippen molar-refractivity contribution in [3.8, 4) is 0 Å². The Bertz CT molecular complexity index is 471. The third-order valence-corrected chi connectivity index (χ3v) is 4.72. The molecule has 4 heteroatoms. The normalized spacial score (nSPS) is 18.8. The molecule has 1 saturated carbocycles. The van der Waals surface area contributed by atoms with Gasteiger partial charge in [-0.05, 0) is 0 Å². The number of benzene rings is 1. The second-order valence-electron chi connectivity index (χ2n) is 5.68. The number of hydrogen-bond donors (Lipinski definition) is 1. The number of hydrazine groups is 1. The molecule has 0 bridgehead atoms. The summed E-state index contributed by atoms with van der Waals surface area (Å²) in [4.78, 5) is 0. The molecular formula is C18H23CrN2O. The second kappa shape index (κ2) is 8.38. The molecule has 22 heavy (non-hydrogen) atoms. The van der Waals surface area contributed by atoms with Crippen molar-refractivity contribution in [3.05, 3.63) is 67.5 Å². The van der Waals surface area contributed by atoms with Gasteiger partial charge in [-0.15, -0.1) is 0 Å². The van der Waals surface area contributed by atoms with Gasteiger partial charge in [-0.25, -0.2) is 0 Å². The van der Waals surface area contributed by atoms with E-state index in [-0.39, 0.29) is 5.92 Å². The summed E-state index contributed by atoms with van der Waals surface area (Å²) in [6, 6.07) is 10.3. The van der Waals surface area contributed by atoms with E-state index in [1.165, 1.54) is 5.56 Å². The van der Waals surface area contributed by atoms with Crippen molar-refractivity contribution >= 4 is 4.50 Å². The van der Waals surface area contributed by atoms with Crippen LogP contribution in [0.4, 0.5) is 0 Å². The number of rotatable bonds is 7. The third-order valence-electron chi connectivity index (χ3n) is 3.81. The van der Waals surface area contributed by atoms with Gasteiger partial charge in [-0.1, -0.05) is 0 Å². The predicted octanol–water partition coefficient (Wildman–Crippen LogP) is 2.04. The number of hydrogen-bond acceptors (Lipinski definition) is 3. The van der Waals surface area contributed by atoms with Crippen LogP contribution in [0.25, 0.3) is 0 Å². The molecule has 2 atom stereocenters. The van der Waals surface area contributed by atoms with Gasteiger partial charge in [-0.2, -0.15) is 0 Å². The molecule has 0 amide bonds. The fraction of sp³-hybridized carbons (Fsp3) is 0.333. The van der Waals surface area contributed by atoms with Crippen LogP contribution in [0.5, 0.6) is 0 Å². The SMILES string of the molecule is C[C@@H]([C](=[Cr])N(Cc1ccccc1)N(C)C)[C@@H](O)[C]1[CH][CH][CH][CH]1. The molecule has 3 nitrogen and oxygen atoms in total. The van der Waals surface area contributed by atoms with Gasteiger partial charge in [0.2, 0.25) is 0 Å². The van der Waals surface area contributed by atoms with E-state index in [1.807, 2.05) is 69.9 Å². The van der Waals surface area contributed by atoms with E-state index in [4.69, 9.17) is 0 Å². The van der Waals surface area contributed by atoms with Gasteiger partial charge in [0.05, 0.1) is 0 Å². The molecule has 5 radical (unpaired) electrons. The van der Waals surface area contributed by atoms with E-state index in [0.29, 0.717) is 0 Å². The van der Waals surface area contributed by atoms with E-state index in [2.05, 4.69) is 33.0 Å². The first kappa shape index (κ1) is 17.9. The first-order chi connectivity index (χ1) is 10.5. The molecule has 1 aliphatic carbocycles. The van der Waals surface area contributed by atoms with Crippen LogP contribution >= 0.6 is 0 Å². The molecule has 117 valence electrons. The summed E-state index contributed by atoms with van der Waals surface area (Å²) >= 11 is 3.16. The Labute approximate surface area is 142 Å². The van der Waals surface area contributed by atoms with Gasteiger partial charge < -0.3 is 0 Å². The van der Waals surface area contributed by atoms with Crippen LogP contribution in [-0.4, -0.2) is 39.8 Å². The first-order valence-corrected chi connectivity index (χ1v) is 8.06. The Morgan fingerprint density at radius 2 is 1.73 bits per heavy atom. The van der Waals surface area contributed by atoms with Gasteiger partial charge >= 0.3 is 143 Å². The summed E-state index contributed by atoms with van der Waals surface area (Å²) in [5.74, 6) is 0.951. The van der Waals surface area contributed by atoms with Crippen molar-refractivity contribution in [2.24, 2.45) is 5.92 Å². The van der Waals surface area contributed by atoms with Gasteiger partial charge in [-0.3, -0.25) is 0 Å². The second-order valence-corrected chi connectivity index (χ2v) is 6.33. The zero-order valence-electron chi connectivity index (χ0n) is 13.3. The molecule has 0 aliphatic heterocycles. The average molecular weight is 335 g/mol. The van der Waals surface area contributed by atoms with E-state index in [9.17, 15) is 5.11 Å². The molecule has 1 fully saturated rings. The summed E-state index contributed by atoms with van der Waals surface area (Å²) in [6.45, 7) is 2.82. The van der Waals surface area contributed by atoms with Crippen molar-refractivity contribution in [2.45, 2.75) is 19.6 Å². The molecular weight excluding hydrogens is 312 g/mol. The van der Waals surface area contributed by atoms with Crippen LogP contribution in [0.1, 0.15) is 12.5 Å². The quantitative estimate of drug-likeness (QED) is 0.773. The van der Waals surface area contributed by atoms with E-state index in [1.54, 1.807) is 0 Å². The Kier molecular flexibility index (Phi) is 6.80. The van der Waals surface area contributed by atoms with Crippen molar-refractivity contribution in [1.29, 1.82) is 0 Å². The zero-order valence-corrected chi connectivity index (χ0v) is 14.6.